The van der Waals surface area contributed by atoms with E-state index < -0.39 is 0 Å². The van der Waals surface area contributed by atoms with Crippen LogP contribution in [0.5, 0.6) is 0 Å². The van der Waals surface area contributed by atoms with Gasteiger partial charge >= 0.3 is 0 Å². The van der Waals surface area contributed by atoms with Crippen LogP contribution in [0.4, 0.5) is 0 Å². The average molecular weight is 217 g/mol. The molecule has 0 spiro atoms. The van der Waals surface area contributed by atoms with Crippen molar-refractivity contribution >= 4 is 17.0 Å². The second kappa shape index (κ2) is 6.14. The Morgan fingerprint density at radius 1 is 1.53 bits per heavy atom. The van der Waals surface area contributed by atoms with Crippen LogP contribution in [0.15, 0.2) is 59.5 Å². The number of nitrogens with zero attached hydrogens (tertiary/aromatic N) is 1. The van der Waals surface area contributed by atoms with Gasteiger partial charge in [0.15, 0.2) is 0 Å². The van der Waals surface area contributed by atoms with Gasteiger partial charge in [-0.1, -0.05) is 24.8 Å². The van der Waals surface area contributed by atoms with Crippen molar-refractivity contribution in [2.45, 2.75) is 6.42 Å². The second-order valence-electron chi connectivity index (χ2n) is 3.00. The fourth-order valence-corrected chi connectivity index (χ4v) is 1.95. The molecule has 0 fully saturated rings. The minimum Gasteiger partial charge on any atom is -0.287 e. The lowest BCUT2D eigenvalue weighted by Gasteiger charge is -1.99. The lowest BCUT2D eigenvalue weighted by molar-refractivity contribution is 1.30. The van der Waals surface area contributed by atoms with Gasteiger partial charge in [0, 0.05) is 7.05 Å². The highest BCUT2D eigenvalue weighted by atomic mass is 32.1. The van der Waals surface area contributed by atoms with E-state index in [4.69, 9.17) is 0 Å². The van der Waals surface area contributed by atoms with Gasteiger partial charge in [0.05, 0.1) is 10.6 Å². The Kier molecular flexibility index (Phi) is 4.78. The molecule has 15 heavy (non-hydrogen) atoms. The molecule has 0 bridgehead atoms. The smallest absolute Gasteiger partial charge is 0.0745 e. The fourth-order valence-electron chi connectivity index (χ4n) is 1.21. The van der Waals surface area contributed by atoms with Gasteiger partial charge in [0.1, 0.15) is 0 Å². The van der Waals surface area contributed by atoms with Crippen LogP contribution >= 0.6 is 11.3 Å². The zero-order valence-corrected chi connectivity index (χ0v) is 9.76. The molecule has 0 saturated carbocycles. The zero-order valence-electron chi connectivity index (χ0n) is 8.94. The van der Waals surface area contributed by atoms with Crippen LogP contribution in [0, 0.1) is 0 Å². The number of allylic oxidation sites excluding steroid dienone is 4. The number of rotatable bonds is 5. The van der Waals surface area contributed by atoms with E-state index in [0.29, 0.717) is 0 Å². The number of aliphatic imine (C=N–C) groups is 1. The Hall–Kier alpha value is -1.41. The third-order valence-corrected chi connectivity index (χ3v) is 2.87. The Morgan fingerprint density at radius 2 is 2.33 bits per heavy atom. The maximum Gasteiger partial charge on any atom is 0.0745 e. The van der Waals surface area contributed by atoms with E-state index in [1.165, 1.54) is 4.88 Å². The van der Waals surface area contributed by atoms with E-state index in [1.807, 2.05) is 18.2 Å². The van der Waals surface area contributed by atoms with Crippen LogP contribution in [0.3, 0.4) is 0 Å². The third kappa shape index (κ3) is 3.33. The van der Waals surface area contributed by atoms with E-state index in [0.717, 1.165) is 17.7 Å². The summed E-state index contributed by atoms with van der Waals surface area (Å²) >= 11 is 1.69. The molecule has 0 atom stereocenters. The van der Waals surface area contributed by atoms with Gasteiger partial charge in [0.2, 0.25) is 0 Å². The first-order chi connectivity index (χ1) is 7.31. The summed E-state index contributed by atoms with van der Waals surface area (Å²) in [6.07, 6.45) is 6.60. The quantitative estimate of drug-likeness (QED) is 0.403. The lowest BCUT2D eigenvalue weighted by Crippen LogP contribution is -1.94. The monoisotopic (exact) mass is 217 g/mol. The predicted molar refractivity (Wildman–Crippen MR) is 69.9 cm³/mol. The van der Waals surface area contributed by atoms with E-state index in [2.05, 4.69) is 35.7 Å². The summed E-state index contributed by atoms with van der Waals surface area (Å²) in [6.45, 7) is 7.50. The van der Waals surface area contributed by atoms with Crippen molar-refractivity contribution in [2.24, 2.45) is 4.99 Å². The highest BCUT2D eigenvalue weighted by Crippen LogP contribution is 2.13. The van der Waals surface area contributed by atoms with Crippen LogP contribution in [0.1, 0.15) is 11.3 Å². The molecule has 0 aromatic carbocycles. The average Bonchev–Trinajstić information content (AvgIpc) is 2.77. The van der Waals surface area contributed by atoms with Gasteiger partial charge in [-0.25, -0.2) is 0 Å². The second-order valence-corrected chi connectivity index (χ2v) is 3.95. The summed E-state index contributed by atoms with van der Waals surface area (Å²) in [6, 6.07) is 4.10. The van der Waals surface area contributed by atoms with Gasteiger partial charge in [-0.2, -0.15) is 0 Å². The van der Waals surface area contributed by atoms with Crippen molar-refractivity contribution in [2.75, 3.05) is 7.05 Å². The van der Waals surface area contributed by atoms with E-state index in [9.17, 15) is 0 Å². The fraction of sp³-hybridized carbons (Fsp3) is 0.154. The first kappa shape index (κ1) is 11.7. The molecule has 1 aromatic heterocycles. The molecule has 1 nitrogen and oxygen atoms in total. The highest BCUT2D eigenvalue weighted by Gasteiger charge is 2.00. The van der Waals surface area contributed by atoms with Gasteiger partial charge in [-0.15, -0.1) is 17.9 Å². The standard InChI is InChI=1S/C13H15NS/c1-4-7-11(5-2)10-12(14-3)13-8-6-9-15-13/h4-6,8-10H,1-2,7H2,3H3/b11-10+,14-12?. The van der Waals surface area contributed by atoms with Crippen LogP contribution in [-0.4, -0.2) is 12.8 Å². The molecule has 0 radical (unpaired) electrons. The summed E-state index contributed by atoms with van der Waals surface area (Å²) in [4.78, 5) is 5.45. The summed E-state index contributed by atoms with van der Waals surface area (Å²) in [5, 5.41) is 2.05. The van der Waals surface area contributed by atoms with Crippen LogP contribution in [-0.2, 0) is 0 Å². The summed E-state index contributed by atoms with van der Waals surface area (Å²) in [5.41, 5.74) is 2.14. The zero-order chi connectivity index (χ0) is 11.1. The van der Waals surface area contributed by atoms with Gasteiger partial charge in [-0.05, 0) is 29.5 Å². The van der Waals surface area contributed by atoms with E-state index >= 15 is 0 Å². The van der Waals surface area contributed by atoms with Crippen molar-refractivity contribution in [3.8, 4) is 0 Å². The molecule has 2 heteroatoms. The summed E-state index contributed by atoms with van der Waals surface area (Å²) < 4.78 is 0. The van der Waals surface area contributed by atoms with Crippen LogP contribution < -0.4 is 0 Å². The third-order valence-electron chi connectivity index (χ3n) is 1.98. The molecule has 0 unspecified atom stereocenters. The van der Waals surface area contributed by atoms with Gasteiger partial charge in [-0.3, -0.25) is 4.99 Å². The van der Waals surface area contributed by atoms with Crippen LogP contribution in [0.2, 0.25) is 0 Å². The first-order valence-electron chi connectivity index (χ1n) is 4.76. The minimum absolute atomic E-state index is 0.827. The number of hydrogen-bond donors (Lipinski definition) is 0. The van der Waals surface area contributed by atoms with Gasteiger partial charge < -0.3 is 0 Å². The number of thiophene rings is 1. The largest absolute Gasteiger partial charge is 0.287 e. The molecule has 78 valence electrons. The molecule has 0 aliphatic heterocycles. The molecule has 0 aliphatic rings. The van der Waals surface area contributed by atoms with Crippen molar-refractivity contribution in [3.05, 3.63) is 59.3 Å². The molecule has 1 aromatic rings. The molecule has 0 aliphatic carbocycles. The molecule has 0 N–H and O–H groups in total. The van der Waals surface area contributed by atoms with Gasteiger partial charge in [0.25, 0.3) is 0 Å². The maximum absolute atomic E-state index is 4.27. The van der Waals surface area contributed by atoms with E-state index in [-0.39, 0.29) is 0 Å². The predicted octanol–water partition coefficient (Wildman–Crippen LogP) is 3.86. The molecular weight excluding hydrogens is 202 g/mol. The maximum atomic E-state index is 4.27. The Labute approximate surface area is 95.2 Å². The SMILES string of the molecule is C=CC/C(C=C)=C/C(=NC)c1cccs1. The molecule has 1 heterocycles. The van der Waals surface area contributed by atoms with Crippen molar-refractivity contribution in [1.29, 1.82) is 0 Å². The Morgan fingerprint density at radius 3 is 2.80 bits per heavy atom. The molecular formula is C13H15NS. The van der Waals surface area contributed by atoms with Crippen molar-refractivity contribution < 1.29 is 0 Å². The topological polar surface area (TPSA) is 12.4 Å². The van der Waals surface area contributed by atoms with Crippen molar-refractivity contribution in [3.63, 3.8) is 0 Å². The van der Waals surface area contributed by atoms with E-state index in [1.54, 1.807) is 18.4 Å². The Bertz CT molecular complexity index is 383. The minimum atomic E-state index is 0.827. The lowest BCUT2D eigenvalue weighted by atomic mass is 10.1. The Balaban J connectivity index is 2.94. The first-order valence-corrected chi connectivity index (χ1v) is 5.64. The summed E-state index contributed by atoms with van der Waals surface area (Å²) in [7, 11) is 1.81. The number of hydrogen-bond acceptors (Lipinski definition) is 2. The highest BCUT2D eigenvalue weighted by molar-refractivity contribution is 7.12. The normalized spacial score (nSPS) is 12.6. The molecule has 0 amide bonds. The summed E-state index contributed by atoms with van der Waals surface area (Å²) in [5.74, 6) is 0. The molecule has 1 rings (SSSR count). The van der Waals surface area contributed by atoms with Crippen molar-refractivity contribution in [1.82, 2.24) is 0 Å². The molecule has 0 saturated heterocycles. The van der Waals surface area contributed by atoms with Crippen LogP contribution in [0.25, 0.3) is 0 Å².